The average Bonchev–Trinajstić information content (AvgIpc) is 3.20. The van der Waals surface area contributed by atoms with E-state index in [4.69, 9.17) is 9.97 Å². The van der Waals surface area contributed by atoms with Crippen molar-refractivity contribution in [1.29, 1.82) is 0 Å². The minimum absolute atomic E-state index is 0.0211. The Morgan fingerprint density at radius 1 is 1.15 bits per heavy atom. The van der Waals surface area contributed by atoms with Crippen molar-refractivity contribution in [3.63, 3.8) is 0 Å². The summed E-state index contributed by atoms with van der Waals surface area (Å²) in [7, 11) is 0. The fraction of sp³-hybridized carbons (Fsp3) is 0.458. The number of anilines is 1. The van der Waals surface area contributed by atoms with Crippen LogP contribution in [0.25, 0.3) is 10.2 Å². The minimum atomic E-state index is -0.436. The van der Waals surface area contributed by atoms with Gasteiger partial charge in [-0.05, 0) is 38.4 Å². The van der Waals surface area contributed by atoms with E-state index in [1.54, 1.807) is 35.3 Å². The number of amides is 1. The number of thiophene rings is 1. The van der Waals surface area contributed by atoms with E-state index in [2.05, 4.69) is 16.7 Å². The normalized spacial score (nSPS) is 16.7. The predicted octanol–water partition coefficient (Wildman–Crippen LogP) is 3.56. The Labute approximate surface area is 202 Å². The molecule has 5 rings (SSSR count). The van der Waals surface area contributed by atoms with E-state index in [0.717, 1.165) is 42.5 Å². The maximum absolute atomic E-state index is 13.1. The molecule has 10 heteroatoms. The molecule has 0 unspecified atom stereocenters. The number of aromatic nitrogens is 2. The van der Waals surface area contributed by atoms with Gasteiger partial charge in [-0.1, -0.05) is 13.0 Å². The van der Waals surface area contributed by atoms with Gasteiger partial charge in [-0.15, -0.1) is 11.3 Å². The summed E-state index contributed by atoms with van der Waals surface area (Å²) in [6.45, 7) is 11.3. The summed E-state index contributed by atoms with van der Waals surface area (Å²) in [5.41, 5.74) is 2.27. The summed E-state index contributed by atoms with van der Waals surface area (Å²) in [4.78, 5) is 42.4. The maximum Gasteiger partial charge on any atom is 0.273 e. The highest BCUT2D eigenvalue weighted by molar-refractivity contribution is 7.19. The van der Waals surface area contributed by atoms with E-state index in [9.17, 15) is 14.9 Å². The van der Waals surface area contributed by atoms with Crippen LogP contribution in [0.15, 0.2) is 18.2 Å². The highest BCUT2D eigenvalue weighted by atomic mass is 32.1. The van der Waals surface area contributed by atoms with Crippen molar-refractivity contribution in [2.75, 3.05) is 44.2 Å². The summed E-state index contributed by atoms with van der Waals surface area (Å²) < 4.78 is 0. The smallest absolute Gasteiger partial charge is 0.273 e. The molecule has 0 spiro atoms. The van der Waals surface area contributed by atoms with Gasteiger partial charge in [0.05, 0.1) is 10.3 Å². The molecule has 0 radical (unpaired) electrons. The predicted molar refractivity (Wildman–Crippen MR) is 133 cm³/mol. The zero-order valence-electron chi connectivity index (χ0n) is 19.7. The molecule has 0 aliphatic carbocycles. The molecule has 0 N–H and O–H groups in total. The van der Waals surface area contributed by atoms with Gasteiger partial charge >= 0.3 is 0 Å². The first-order valence-electron chi connectivity index (χ1n) is 11.7. The molecule has 0 saturated carbocycles. The molecule has 3 aromatic rings. The Hall–Kier alpha value is -3.11. The molecule has 1 fully saturated rings. The SMILES string of the molecule is CCN1CCc2c(sc3nc(C)nc(N4CCN(C(=O)c5ccc(C)c([N+](=O)[O-])c5)CC4)c23)C1. The third-order valence-corrected chi connectivity index (χ3v) is 7.95. The lowest BCUT2D eigenvalue weighted by Crippen LogP contribution is -2.49. The number of carbonyl (C=O) groups excluding carboxylic acids is 1. The molecule has 1 aromatic carbocycles. The van der Waals surface area contributed by atoms with Crippen molar-refractivity contribution in [1.82, 2.24) is 19.8 Å². The standard InChI is InChI=1S/C24H28N6O3S/c1-4-27-8-7-18-20(14-27)34-23-21(18)22(25-16(3)26-23)28-9-11-29(12-10-28)24(31)17-6-5-15(2)19(13-17)30(32)33/h5-6,13H,4,7-12,14H2,1-3H3. The number of carbonyl (C=O) groups is 1. The molecule has 1 amide bonds. The lowest BCUT2D eigenvalue weighted by atomic mass is 10.0. The van der Waals surface area contributed by atoms with Gasteiger partial charge in [0.2, 0.25) is 0 Å². The lowest BCUT2D eigenvalue weighted by Gasteiger charge is -2.36. The van der Waals surface area contributed by atoms with Gasteiger partial charge in [-0.25, -0.2) is 9.97 Å². The first-order valence-corrected chi connectivity index (χ1v) is 12.5. The third-order valence-electron chi connectivity index (χ3n) is 6.84. The average molecular weight is 481 g/mol. The number of fused-ring (bicyclic) bond motifs is 3. The molecular weight excluding hydrogens is 452 g/mol. The summed E-state index contributed by atoms with van der Waals surface area (Å²) in [5.74, 6) is 1.57. The molecule has 34 heavy (non-hydrogen) atoms. The van der Waals surface area contributed by atoms with Crippen molar-refractivity contribution in [3.8, 4) is 0 Å². The van der Waals surface area contributed by atoms with Gasteiger partial charge in [0.25, 0.3) is 11.6 Å². The van der Waals surface area contributed by atoms with Gasteiger partial charge in [0, 0.05) is 61.3 Å². The molecule has 9 nitrogen and oxygen atoms in total. The van der Waals surface area contributed by atoms with Crippen LogP contribution in [-0.4, -0.2) is 69.9 Å². The maximum atomic E-state index is 13.1. The zero-order valence-corrected chi connectivity index (χ0v) is 20.5. The highest BCUT2D eigenvalue weighted by Crippen LogP contribution is 2.39. The Kier molecular flexibility index (Phi) is 5.95. The second kappa shape index (κ2) is 8.92. The van der Waals surface area contributed by atoms with Crippen LogP contribution in [0.2, 0.25) is 0 Å². The second-order valence-electron chi connectivity index (χ2n) is 8.93. The summed E-state index contributed by atoms with van der Waals surface area (Å²) in [5, 5.41) is 12.5. The fourth-order valence-corrected chi connectivity index (χ4v) is 6.18. The van der Waals surface area contributed by atoms with E-state index in [-0.39, 0.29) is 11.6 Å². The quantitative estimate of drug-likeness (QED) is 0.416. The molecule has 0 atom stereocenters. The van der Waals surface area contributed by atoms with Crippen LogP contribution in [0.1, 0.15) is 39.1 Å². The van der Waals surface area contributed by atoms with Crippen LogP contribution in [-0.2, 0) is 13.0 Å². The van der Waals surface area contributed by atoms with Crippen LogP contribution in [0, 0.1) is 24.0 Å². The number of piperazine rings is 1. The number of benzene rings is 1. The Morgan fingerprint density at radius 2 is 1.91 bits per heavy atom. The van der Waals surface area contributed by atoms with Gasteiger partial charge in [-0.2, -0.15) is 0 Å². The molecule has 1 saturated heterocycles. The number of rotatable bonds is 4. The van der Waals surface area contributed by atoms with Gasteiger partial charge in [0.15, 0.2) is 0 Å². The van der Waals surface area contributed by atoms with Crippen molar-refractivity contribution >= 4 is 39.0 Å². The van der Waals surface area contributed by atoms with Crippen LogP contribution >= 0.6 is 11.3 Å². The molecule has 2 aliphatic rings. The van der Waals surface area contributed by atoms with Crippen molar-refractivity contribution in [2.45, 2.75) is 33.7 Å². The minimum Gasteiger partial charge on any atom is -0.352 e. The number of hydrogen-bond donors (Lipinski definition) is 0. The number of nitro groups is 1. The molecule has 2 aliphatic heterocycles. The highest BCUT2D eigenvalue weighted by Gasteiger charge is 2.29. The van der Waals surface area contributed by atoms with E-state index in [1.165, 1.54) is 21.9 Å². The number of hydrogen-bond acceptors (Lipinski definition) is 8. The van der Waals surface area contributed by atoms with Gasteiger partial charge in [-0.3, -0.25) is 19.8 Å². The first-order chi connectivity index (χ1) is 16.4. The van der Waals surface area contributed by atoms with E-state index in [0.29, 0.717) is 37.3 Å². The second-order valence-corrected chi connectivity index (χ2v) is 10.0. The lowest BCUT2D eigenvalue weighted by molar-refractivity contribution is -0.385. The molecular formula is C24H28N6O3S. The van der Waals surface area contributed by atoms with Crippen LogP contribution < -0.4 is 4.90 Å². The number of nitrogens with zero attached hydrogens (tertiary/aromatic N) is 6. The van der Waals surface area contributed by atoms with Crippen molar-refractivity contribution in [3.05, 3.63) is 55.7 Å². The van der Waals surface area contributed by atoms with Gasteiger partial charge < -0.3 is 9.80 Å². The Balaban J connectivity index is 1.37. The van der Waals surface area contributed by atoms with Gasteiger partial charge in [0.1, 0.15) is 16.5 Å². The van der Waals surface area contributed by atoms with E-state index in [1.807, 2.05) is 6.92 Å². The third kappa shape index (κ3) is 4.01. The monoisotopic (exact) mass is 480 g/mol. The Morgan fingerprint density at radius 3 is 2.62 bits per heavy atom. The summed E-state index contributed by atoms with van der Waals surface area (Å²) in [6.07, 6.45) is 1.01. The number of likely N-dealkylation sites (N-methyl/N-ethyl adjacent to an activating group) is 1. The Bertz CT molecular complexity index is 1280. The van der Waals surface area contributed by atoms with Crippen LogP contribution in [0.5, 0.6) is 0 Å². The zero-order chi connectivity index (χ0) is 24.0. The number of nitro benzene ring substituents is 1. The number of aryl methyl sites for hydroxylation is 2. The fourth-order valence-electron chi connectivity index (χ4n) is 4.87. The topological polar surface area (TPSA) is 95.7 Å². The van der Waals surface area contributed by atoms with Crippen molar-refractivity contribution < 1.29 is 9.72 Å². The first kappa shape index (κ1) is 22.7. The molecule has 4 heterocycles. The largest absolute Gasteiger partial charge is 0.352 e. The molecule has 178 valence electrons. The summed E-state index contributed by atoms with van der Waals surface area (Å²) >= 11 is 1.78. The summed E-state index contributed by atoms with van der Waals surface area (Å²) in [6, 6.07) is 4.70. The van der Waals surface area contributed by atoms with Crippen molar-refractivity contribution in [2.24, 2.45) is 0 Å². The van der Waals surface area contributed by atoms with Crippen LogP contribution in [0.3, 0.4) is 0 Å². The van der Waals surface area contributed by atoms with Crippen LogP contribution in [0.4, 0.5) is 11.5 Å². The van der Waals surface area contributed by atoms with E-state index >= 15 is 0 Å². The molecule has 2 aromatic heterocycles. The van der Waals surface area contributed by atoms with E-state index < -0.39 is 4.92 Å². The molecule has 0 bridgehead atoms.